The Morgan fingerprint density at radius 3 is 2.26 bits per heavy atom. The van der Waals surface area contributed by atoms with Crippen molar-refractivity contribution in [2.75, 3.05) is 5.32 Å². The van der Waals surface area contributed by atoms with E-state index in [1.807, 2.05) is 35.8 Å². The Hall–Kier alpha value is -2.24. The van der Waals surface area contributed by atoms with E-state index in [1.165, 1.54) is 0 Å². The molecule has 0 bridgehead atoms. The predicted molar refractivity (Wildman–Crippen MR) is 70.6 cm³/mol. The van der Waals surface area contributed by atoms with Crippen molar-refractivity contribution < 1.29 is 14.7 Å². The maximum absolute atomic E-state index is 12.2. The van der Waals surface area contributed by atoms with Crippen LogP contribution in [-0.4, -0.2) is 22.6 Å². The summed E-state index contributed by atoms with van der Waals surface area (Å²) in [5.74, 6) is -0.337. The molecule has 0 saturated heterocycles. The van der Waals surface area contributed by atoms with Crippen LogP contribution in [0.4, 0.5) is 10.5 Å². The van der Waals surface area contributed by atoms with Crippen LogP contribution in [0.1, 0.15) is 25.7 Å². The fourth-order valence-corrected chi connectivity index (χ4v) is 2.42. The van der Waals surface area contributed by atoms with Gasteiger partial charge in [0.2, 0.25) is 0 Å². The summed E-state index contributed by atoms with van der Waals surface area (Å²) in [7, 11) is 0. The third kappa shape index (κ3) is 3.15. The van der Waals surface area contributed by atoms with Crippen molar-refractivity contribution in [2.45, 2.75) is 31.2 Å². The minimum Gasteiger partial charge on any atom is -0.464 e. The monoisotopic (exact) mass is 263 g/mol. The Labute approximate surface area is 111 Å². The van der Waals surface area contributed by atoms with Gasteiger partial charge in [-0.1, -0.05) is 31.0 Å². The number of carbonyl (C=O) groups is 2. The second kappa shape index (κ2) is 5.60. The zero-order valence-corrected chi connectivity index (χ0v) is 10.5. The molecule has 0 unspecified atom stereocenters. The summed E-state index contributed by atoms with van der Waals surface area (Å²) >= 11 is 0. The molecule has 0 atom stereocenters. The van der Waals surface area contributed by atoms with Crippen LogP contribution in [0.2, 0.25) is 0 Å². The van der Waals surface area contributed by atoms with Gasteiger partial charge in [-0.3, -0.25) is 10.2 Å². The van der Waals surface area contributed by atoms with Gasteiger partial charge in [0.1, 0.15) is 5.54 Å². The van der Waals surface area contributed by atoms with Crippen LogP contribution < -0.4 is 16.2 Å². The van der Waals surface area contributed by atoms with Crippen LogP contribution in [0, 0.1) is 0 Å². The van der Waals surface area contributed by atoms with E-state index in [-0.39, 0.29) is 5.91 Å². The van der Waals surface area contributed by atoms with Crippen LogP contribution in [0.3, 0.4) is 0 Å². The van der Waals surface area contributed by atoms with Gasteiger partial charge in [0.15, 0.2) is 0 Å². The first-order chi connectivity index (χ1) is 9.12. The van der Waals surface area contributed by atoms with Gasteiger partial charge in [-0.2, -0.15) is 0 Å². The highest BCUT2D eigenvalue weighted by molar-refractivity contribution is 5.90. The van der Waals surface area contributed by atoms with Crippen molar-refractivity contribution >= 4 is 17.7 Å². The van der Waals surface area contributed by atoms with Crippen molar-refractivity contribution in [3.63, 3.8) is 0 Å². The normalized spacial score (nSPS) is 16.6. The molecular weight excluding hydrogens is 246 g/mol. The molecule has 1 aliphatic carbocycles. The molecule has 1 aliphatic rings. The molecule has 0 heterocycles. The minimum atomic E-state index is -1.28. The van der Waals surface area contributed by atoms with Crippen LogP contribution in [-0.2, 0) is 4.79 Å². The van der Waals surface area contributed by atoms with Crippen molar-refractivity contribution in [3.8, 4) is 0 Å². The average molecular weight is 263 g/mol. The van der Waals surface area contributed by atoms with Crippen LogP contribution in [0.5, 0.6) is 0 Å². The number of benzene rings is 1. The van der Waals surface area contributed by atoms with Crippen LogP contribution >= 0.6 is 0 Å². The van der Waals surface area contributed by atoms with E-state index in [1.54, 1.807) is 0 Å². The van der Waals surface area contributed by atoms with E-state index in [0.717, 1.165) is 18.5 Å². The number of nitrogens with one attached hydrogen (secondary N) is 3. The molecule has 4 N–H and O–H groups in total. The number of rotatable bonds is 3. The molecule has 0 radical (unpaired) electrons. The highest BCUT2D eigenvalue weighted by atomic mass is 16.4. The first-order valence-corrected chi connectivity index (χ1v) is 6.25. The summed E-state index contributed by atoms with van der Waals surface area (Å²) in [4.78, 5) is 22.6. The van der Waals surface area contributed by atoms with Gasteiger partial charge in [-0.15, -0.1) is 0 Å². The summed E-state index contributed by atoms with van der Waals surface area (Å²) < 4.78 is 0. The summed E-state index contributed by atoms with van der Waals surface area (Å²) in [6.45, 7) is 0. The van der Waals surface area contributed by atoms with Crippen molar-refractivity contribution in [1.82, 2.24) is 10.9 Å². The molecular formula is C13H17N3O3. The van der Waals surface area contributed by atoms with E-state index in [2.05, 4.69) is 10.7 Å². The molecule has 2 rings (SSSR count). The lowest BCUT2D eigenvalue weighted by Crippen LogP contribution is -2.55. The Bertz CT molecular complexity index is 455. The molecule has 102 valence electrons. The molecule has 0 aromatic heterocycles. The molecule has 19 heavy (non-hydrogen) atoms. The molecule has 6 heteroatoms. The molecule has 1 fully saturated rings. The van der Waals surface area contributed by atoms with Gasteiger partial charge in [0.05, 0.1) is 0 Å². The van der Waals surface area contributed by atoms with Gasteiger partial charge in [0.25, 0.3) is 5.91 Å². The molecule has 1 saturated carbocycles. The first-order valence-electron chi connectivity index (χ1n) is 6.25. The zero-order valence-electron chi connectivity index (χ0n) is 10.5. The van der Waals surface area contributed by atoms with Gasteiger partial charge < -0.3 is 10.4 Å². The maximum atomic E-state index is 12.2. The lowest BCUT2D eigenvalue weighted by atomic mass is 9.96. The number of anilines is 1. The van der Waals surface area contributed by atoms with E-state index in [4.69, 9.17) is 5.11 Å². The highest BCUT2D eigenvalue weighted by Gasteiger charge is 2.41. The quantitative estimate of drug-likeness (QED) is 0.625. The largest absolute Gasteiger partial charge is 0.464 e. The number of para-hydroxylation sites is 1. The topological polar surface area (TPSA) is 90.5 Å². The van der Waals surface area contributed by atoms with Crippen molar-refractivity contribution in [1.29, 1.82) is 0 Å². The Morgan fingerprint density at radius 1 is 1.05 bits per heavy atom. The van der Waals surface area contributed by atoms with Crippen molar-refractivity contribution in [3.05, 3.63) is 30.3 Å². The lowest BCUT2D eigenvalue weighted by molar-refractivity contribution is -0.126. The van der Waals surface area contributed by atoms with Crippen LogP contribution in [0.25, 0.3) is 0 Å². The molecule has 1 aromatic rings. The third-order valence-corrected chi connectivity index (χ3v) is 3.33. The maximum Gasteiger partial charge on any atom is 0.423 e. The standard InChI is InChI=1S/C13H17N3O3/c17-11(15-16-12(18)19)13(8-4-5-9-13)14-10-6-2-1-3-7-10/h1-3,6-7,14,16H,4-5,8-9H2,(H,15,17)(H,18,19). The SMILES string of the molecule is O=C(O)NNC(=O)C1(Nc2ccccc2)CCCC1. The van der Waals surface area contributed by atoms with E-state index >= 15 is 0 Å². The zero-order chi connectivity index (χ0) is 13.7. The average Bonchev–Trinajstić information content (AvgIpc) is 2.87. The molecule has 6 nitrogen and oxygen atoms in total. The van der Waals surface area contributed by atoms with E-state index in [9.17, 15) is 9.59 Å². The van der Waals surface area contributed by atoms with Gasteiger partial charge in [-0.25, -0.2) is 10.2 Å². The van der Waals surface area contributed by atoms with Gasteiger partial charge in [-0.05, 0) is 25.0 Å². The molecule has 0 spiro atoms. The lowest BCUT2D eigenvalue weighted by Gasteiger charge is -2.29. The summed E-state index contributed by atoms with van der Waals surface area (Å²) in [5.41, 5.74) is 4.27. The molecule has 2 amide bonds. The van der Waals surface area contributed by atoms with E-state index in [0.29, 0.717) is 12.8 Å². The smallest absolute Gasteiger partial charge is 0.423 e. The fourth-order valence-electron chi connectivity index (χ4n) is 2.42. The number of hydrazine groups is 1. The molecule has 1 aromatic carbocycles. The Kier molecular flexibility index (Phi) is 3.89. The highest BCUT2D eigenvalue weighted by Crippen LogP contribution is 2.33. The number of carboxylic acid groups (broad SMARTS) is 1. The van der Waals surface area contributed by atoms with Gasteiger partial charge >= 0.3 is 6.09 Å². The molecule has 0 aliphatic heterocycles. The van der Waals surface area contributed by atoms with Crippen LogP contribution in [0.15, 0.2) is 30.3 Å². The van der Waals surface area contributed by atoms with E-state index < -0.39 is 11.6 Å². The van der Waals surface area contributed by atoms with Crippen molar-refractivity contribution in [2.24, 2.45) is 0 Å². The summed E-state index contributed by atoms with van der Waals surface area (Å²) in [6, 6.07) is 9.45. The Balaban J connectivity index is 2.09. The number of carbonyl (C=O) groups excluding carboxylic acids is 1. The fraction of sp³-hybridized carbons (Fsp3) is 0.385. The third-order valence-electron chi connectivity index (χ3n) is 3.33. The predicted octanol–water partition coefficient (Wildman–Crippen LogP) is 1.71. The second-order valence-electron chi connectivity index (χ2n) is 4.66. The summed E-state index contributed by atoms with van der Waals surface area (Å²) in [6.07, 6.45) is 1.99. The number of hydrogen-bond donors (Lipinski definition) is 4. The number of amides is 2. The summed E-state index contributed by atoms with van der Waals surface area (Å²) in [5, 5.41) is 11.8. The second-order valence-corrected chi connectivity index (χ2v) is 4.66. The number of hydrogen-bond acceptors (Lipinski definition) is 3. The Morgan fingerprint density at radius 2 is 1.68 bits per heavy atom. The minimum absolute atomic E-state index is 0.337. The van der Waals surface area contributed by atoms with Gasteiger partial charge in [0, 0.05) is 5.69 Å². The first kappa shape index (κ1) is 13.2.